The number of nitrogens with zero attached hydrogens (tertiary/aromatic N) is 3. The largest absolute Gasteiger partial charge is 0.508 e. The number of carboxylic acid groups (broad SMARTS) is 1. The van der Waals surface area contributed by atoms with E-state index in [1.54, 1.807) is 24.4 Å². The number of rotatable bonds is 10. The van der Waals surface area contributed by atoms with Crippen molar-refractivity contribution < 1.29 is 59.9 Å². The molecule has 0 bridgehead atoms. The van der Waals surface area contributed by atoms with Gasteiger partial charge >= 0.3 is 11.9 Å². The molecule has 1 aliphatic carbocycles. The number of aliphatic hydroxyl groups is 5. The summed E-state index contributed by atoms with van der Waals surface area (Å²) in [5, 5.41) is 84.6. The number of aliphatic hydroxyl groups excluding tert-OH is 4. The Bertz CT molecular complexity index is 2050. The predicted octanol–water partition coefficient (Wildman–Crippen LogP) is 1.02. The lowest BCUT2D eigenvalue weighted by atomic mass is 9.77. The fraction of sp³-hybridized carbons (Fsp3) is 0.316. The molecule has 53 heavy (non-hydrogen) atoms. The van der Waals surface area contributed by atoms with E-state index in [9.17, 15) is 50.4 Å². The van der Waals surface area contributed by atoms with Gasteiger partial charge in [-0.05, 0) is 53.3 Å². The predicted molar refractivity (Wildman–Crippen MR) is 189 cm³/mol. The summed E-state index contributed by atoms with van der Waals surface area (Å²) in [5.74, 6) is -7.78. The van der Waals surface area contributed by atoms with Crippen molar-refractivity contribution in [3.63, 3.8) is 0 Å². The molecule has 3 heterocycles. The Hall–Kier alpha value is -5.42. The van der Waals surface area contributed by atoms with Gasteiger partial charge in [0.25, 0.3) is 5.91 Å². The number of ether oxygens (including phenoxy) is 2. The number of phenolic OH excluding ortho intramolecular Hbond substituents is 2. The van der Waals surface area contributed by atoms with Crippen LogP contribution in [-0.2, 0) is 27.2 Å². The highest BCUT2D eigenvalue weighted by molar-refractivity contribution is 6.32. The average molecular weight is 728 g/mol. The van der Waals surface area contributed by atoms with Crippen LogP contribution in [0, 0.1) is 5.92 Å². The van der Waals surface area contributed by atoms with Crippen LogP contribution in [0.3, 0.4) is 0 Å². The second-order valence-corrected chi connectivity index (χ2v) is 13.4. The molecule has 8 unspecified atom stereocenters. The molecular formula is C38H37N3O12. The smallest absolute Gasteiger partial charge is 0.355 e. The van der Waals surface area contributed by atoms with Crippen molar-refractivity contribution in [2.24, 2.45) is 15.9 Å². The molecule has 3 aromatic rings. The fourth-order valence-corrected chi connectivity index (χ4v) is 7.54. The van der Waals surface area contributed by atoms with Gasteiger partial charge in [0.1, 0.15) is 30.7 Å². The van der Waals surface area contributed by atoms with Crippen LogP contribution in [-0.4, -0.2) is 114 Å². The second-order valence-electron chi connectivity index (χ2n) is 13.4. The Morgan fingerprint density at radius 3 is 2.49 bits per heavy atom. The fourth-order valence-electron chi connectivity index (χ4n) is 7.54. The topological polar surface area (TPSA) is 242 Å². The molecule has 8 atom stereocenters. The van der Waals surface area contributed by atoms with Crippen molar-refractivity contribution in [1.82, 2.24) is 0 Å². The minimum atomic E-state index is -3.10. The quantitative estimate of drug-likeness (QED) is 0.0830. The maximum Gasteiger partial charge on any atom is 0.355 e. The molecule has 15 heteroatoms. The molecule has 8 N–H and O–H groups in total. The molecule has 15 nitrogen and oxygen atoms in total. The summed E-state index contributed by atoms with van der Waals surface area (Å²) in [4.78, 5) is 37.2. The first-order chi connectivity index (χ1) is 25.4. The lowest BCUT2D eigenvalue weighted by Crippen LogP contribution is -2.67. The molecule has 0 radical (unpaired) electrons. The third-order valence-corrected chi connectivity index (χ3v) is 10.1. The zero-order chi connectivity index (χ0) is 37.7. The van der Waals surface area contributed by atoms with Gasteiger partial charge in [-0.2, -0.15) is 0 Å². The Kier molecular flexibility index (Phi) is 9.40. The SMILES string of the molecule is O=C(C=Cc1ccc(O)c(CC2=NCN=C2)c1)N1c2cc(OC3(O)OC(CO)C(O)C(O)C3O)c(O)cc2C2C(Cc3ccccc3)C=CC21C(=O)O. The summed E-state index contributed by atoms with van der Waals surface area (Å²) in [6.45, 7) is -0.578. The Morgan fingerprint density at radius 1 is 1.02 bits per heavy atom. The van der Waals surface area contributed by atoms with Crippen molar-refractivity contribution >= 4 is 35.6 Å². The molecule has 0 saturated carbocycles. The molecule has 0 spiro atoms. The van der Waals surface area contributed by atoms with E-state index in [1.165, 1.54) is 30.4 Å². The number of amides is 1. The lowest BCUT2D eigenvalue weighted by Gasteiger charge is -2.44. The van der Waals surface area contributed by atoms with E-state index in [0.29, 0.717) is 36.3 Å². The summed E-state index contributed by atoms with van der Waals surface area (Å²) in [5.41, 5.74) is 0.928. The summed E-state index contributed by atoms with van der Waals surface area (Å²) < 4.78 is 10.7. The number of hydrogen-bond acceptors (Lipinski definition) is 13. The minimum absolute atomic E-state index is 0.000351. The summed E-state index contributed by atoms with van der Waals surface area (Å²) >= 11 is 0. The molecule has 7 rings (SSSR count). The number of allylic oxidation sites excluding steroid dienone is 1. The van der Waals surface area contributed by atoms with Crippen molar-refractivity contribution in [1.29, 1.82) is 0 Å². The highest BCUT2D eigenvalue weighted by Gasteiger charge is 2.62. The number of carbonyl (C=O) groups is 2. The Balaban J connectivity index is 1.29. The zero-order valence-corrected chi connectivity index (χ0v) is 28.0. The number of aromatic hydroxyl groups is 2. The first-order valence-electron chi connectivity index (χ1n) is 16.8. The highest BCUT2D eigenvalue weighted by Crippen LogP contribution is 2.59. The van der Waals surface area contributed by atoms with E-state index >= 15 is 0 Å². The summed E-state index contributed by atoms with van der Waals surface area (Å²) in [6, 6.07) is 16.4. The number of aliphatic carboxylic acids is 1. The number of fused-ring (bicyclic) bond motifs is 3. The number of anilines is 1. The van der Waals surface area contributed by atoms with Crippen LogP contribution in [0.15, 0.2) is 88.9 Å². The van der Waals surface area contributed by atoms with Crippen LogP contribution in [0.1, 0.15) is 28.2 Å². The van der Waals surface area contributed by atoms with Gasteiger partial charge in [0.05, 0.1) is 18.0 Å². The molecule has 1 saturated heterocycles. The number of benzene rings is 3. The van der Waals surface area contributed by atoms with E-state index in [0.717, 1.165) is 16.5 Å². The third kappa shape index (κ3) is 6.26. The van der Waals surface area contributed by atoms with Gasteiger partial charge in [0.15, 0.2) is 23.1 Å². The standard InChI is InChI=1S/C38H37N3O12/c42-18-30-33(46)34(47)35(48)38(51,53-30)52-29-16-26-25(15-28(29)44)32-22(12-20-4-2-1-3-5-20)10-11-37(32,36(49)50)41(26)31(45)9-7-21-6-8-27(43)23(13-21)14-24-17-39-19-40-24/h1-11,13,15-17,22,30,32-35,42-44,46-48,51H,12,14,18-19H2,(H,49,50). The molecule has 276 valence electrons. The first-order valence-corrected chi connectivity index (χ1v) is 16.8. The molecular weight excluding hydrogens is 690 g/mol. The van der Waals surface area contributed by atoms with Gasteiger partial charge in [-0.15, -0.1) is 0 Å². The van der Waals surface area contributed by atoms with Crippen LogP contribution < -0.4 is 9.64 Å². The van der Waals surface area contributed by atoms with Crippen LogP contribution in [0.25, 0.3) is 6.08 Å². The van der Waals surface area contributed by atoms with E-state index in [4.69, 9.17) is 9.47 Å². The number of carbonyl (C=O) groups excluding carboxylic acids is 1. The monoisotopic (exact) mass is 727 g/mol. The number of carboxylic acids is 1. The maximum atomic E-state index is 14.3. The normalized spacial score (nSPS) is 30.1. The van der Waals surface area contributed by atoms with E-state index < -0.39 is 77.7 Å². The van der Waals surface area contributed by atoms with Gasteiger partial charge in [-0.1, -0.05) is 48.6 Å². The third-order valence-electron chi connectivity index (χ3n) is 10.1. The number of aliphatic imine (C=N–C) groups is 2. The molecule has 3 aromatic carbocycles. The lowest BCUT2D eigenvalue weighted by molar-refractivity contribution is -0.422. The zero-order valence-electron chi connectivity index (χ0n) is 28.0. The minimum Gasteiger partial charge on any atom is -0.508 e. The van der Waals surface area contributed by atoms with Gasteiger partial charge in [0.2, 0.25) is 0 Å². The Labute approximate surface area is 302 Å². The second kappa shape index (κ2) is 13.9. The maximum absolute atomic E-state index is 14.3. The first kappa shape index (κ1) is 36.0. The molecule has 0 aromatic heterocycles. The van der Waals surface area contributed by atoms with Crippen LogP contribution in [0.2, 0.25) is 0 Å². The molecule has 1 amide bonds. The summed E-state index contributed by atoms with van der Waals surface area (Å²) in [6.07, 6.45) is 0.402. The van der Waals surface area contributed by atoms with E-state index in [2.05, 4.69) is 9.98 Å². The van der Waals surface area contributed by atoms with Gasteiger partial charge in [0, 0.05) is 36.3 Å². The Morgan fingerprint density at radius 2 is 1.79 bits per heavy atom. The molecule has 3 aliphatic heterocycles. The van der Waals surface area contributed by atoms with Crippen LogP contribution >= 0.6 is 0 Å². The van der Waals surface area contributed by atoms with E-state index in [1.807, 2.05) is 30.3 Å². The summed E-state index contributed by atoms with van der Waals surface area (Å²) in [7, 11) is 0. The number of hydrogen-bond donors (Lipinski definition) is 8. The van der Waals surface area contributed by atoms with Crippen molar-refractivity contribution in [2.45, 2.75) is 54.7 Å². The van der Waals surface area contributed by atoms with Crippen LogP contribution in [0.4, 0.5) is 5.69 Å². The molecule has 4 aliphatic rings. The van der Waals surface area contributed by atoms with Crippen molar-refractivity contribution in [3.8, 4) is 17.2 Å². The number of phenols is 2. The van der Waals surface area contributed by atoms with Gasteiger partial charge in [-0.3, -0.25) is 19.7 Å². The average Bonchev–Trinajstić information content (AvgIpc) is 3.86. The van der Waals surface area contributed by atoms with Gasteiger partial charge < -0.3 is 50.3 Å². The molecule has 1 fully saturated rings. The van der Waals surface area contributed by atoms with Crippen molar-refractivity contribution in [3.05, 3.63) is 101 Å². The van der Waals surface area contributed by atoms with Gasteiger partial charge in [-0.25, -0.2) is 4.79 Å². The van der Waals surface area contributed by atoms with E-state index in [-0.39, 0.29) is 17.0 Å². The van der Waals surface area contributed by atoms with Crippen molar-refractivity contribution in [2.75, 3.05) is 18.2 Å². The highest BCUT2D eigenvalue weighted by atomic mass is 16.8. The van der Waals surface area contributed by atoms with Crippen LogP contribution in [0.5, 0.6) is 17.2 Å².